The van der Waals surface area contributed by atoms with Crippen molar-refractivity contribution >= 4 is 17.3 Å². The Morgan fingerprint density at radius 1 is 1.12 bits per heavy atom. The summed E-state index contributed by atoms with van der Waals surface area (Å²) in [6.45, 7) is 1.65. The molecule has 0 aromatic carbocycles. The van der Waals surface area contributed by atoms with Gasteiger partial charge in [-0.25, -0.2) is 19.6 Å². The van der Waals surface area contributed by atoms with Crippen LogP contribution in [0, 0.1) is 6.92 Å². The first-order valence-electron chi connectivity index (χ1n) is 7.31. The average molecular weight is 361 g/mol. The molecule has 1 N–H and O–H groups in total. The predicted octanol–water partition coefficient (Wildman–Crippen LogP) is 2.17. The van der Waals surface area contributed by atoms with Gasteiger partial charge in [-0.3, -0.25) is 0 Å². The highest BCUT2D eigenvalue weighted by Crippen LogP contribution is 2.27. The predicted molar refractivity (Wildman–Crippen MR) is 83.0 cm³/mol. The molecule has 0 aliphatic heterocycles. The molecule has 4 aromatic rings. The van der Waals surface area contributed by atoms with Crippen LogP contribution in [0.25, 0.3) is 11.7 Å². The minimum absolute atomic E-state index is 0.154. The fourth-order valence-electron chi connectivity index (χ4n) is 2.25. The molecule has 0 bridgehead atoms. The maximum Gasteiger partial charge on any atom is 0.453 e. The maximum absolute atomic E-state index is 12.9. The highest BCUT2D eigenvalue weighted by Gasteiger charge is 2.36. The molecule has 0 aliphatic carbocycles. The highest BCUT2D eigenvalue weighted by atomic mass is 19.4. The van der Waals surface area contributed by atoms with Gasteiger partial charge in [-0.15, -0.1) is 5.10 Å². The summed E-state index contributed by atoms with van der Waals surface area (Å²) < 4.78 is 41.0. The highest BCUT2D eigenvalue weighted by molar-refractivity contribution is 5.57. The normalized spacial score (nSPS) is 11.8. The Morgan fingerprint density at radius 2 is 1.88 bits per heavy atom. The van der Waals surface area contributed by atoms with Crippen LogP contribution in [-0.4, -0.2) is 39.3 Å². The summed E-state index contributed by atoms with van der Waals surface area (Å²) in [7, 11) is 0. The van der Waals surface area contributed by atoms with E-state index in [1.165, 1.54) is 10.9 Å². The van der Waals surface area contributed by atoms with E-state index in [1.54, 1.807) is 37.6 Å². The van der Waals surface area contributed by atoms with E-state index in [2.05, 4.69) is 35.5 Å². The molecule has 26 heavy (non-hydrogen) atoms. The first-order chi connectivity index (χ1) is 12.4. The molecule has 0 aliphatic rings. The number of aromatic nitrogens is 8. The molecule has 4 rings (SSSR count). The van der Waals surface area contributed by atoms with Crippen molar-refractivity contribution in [1.29, 1.82) is 0 Å². The molecule has 9 nitrogen and oxygen atoms in total. The lowest BCUT2D eigenvalue weighted by molar-refractivity contribution is -0.144. The smallest absolute Gasteiger partial charge is 0.337 e. The minimum atomic E-state index is -4.66. The quantitative estimate of drug-likeness (QED) is 0.597. The summed E-state index contributed by atoms with van der Waals surface area (Å²) in [5, 5.41) is 10.6. The van der Waals surface area contributed by atoms with E-state index in [9.17, 15) is 13.2 Å². The number of anilines is 2. The van der Waals surface area contributed by atoms with E-state index < -0.39 is 12.0 Å². The summed E-state index contributed by atoms with van der Waals surface area (Å²) in [6, 6.07) is 3.23. The lowest BCUT2D eigenvalue weighted by atomic mass is 10.4. The Kier molecular flexibility index (Phi) is 3.52. The van der Waals surface area contributed by atoms with Crippen molar-refractivity contribution < 1.29 is 13.2 Å². The van der Waals surface area contributed by atoms with Crippen LogP contribution < -0.4 is 5.32 Å². The number of nitrogens with one attached hydrogen (secondary N) is 1. The number of hydrogen-bond acceptors (Lipinski definition) is 7. The van der Waals surface area contributed by atoms with Crippen molar-refractivity contribution in [2.24, 2.45) is 0 Å². The molecule has 0 fully saturated rings. The molecular weight excluding hydrogens is 351 g/mol. The molecule has 0 radical (unpaired) electrons. The second-order valence-corrected chi connectivity index (χ2v) is 5.28. The zero-order valence-electron chi connectivity index (χ0n) is 13.2. The van der Waals surface area contributed by atoms with Gasteiger partial charge in [0.05, 0.1) is 18.1 Å². The standard InChI is InChI=1S/C14H10F3N9/c1-8-5-10(26-13(21-8)23-11(24-26)14(15,16)17)22-9-6-20-25(7-9)12-18-3-2-4-19-12/h2-7,22H,1H3. The van der Waals surface area contributed by atoms with Crippen LogP contribution in [0.15, 0.2) is 36.9 Å². The van der Waals surface area contributed by atoms with Crippen LogP contribution in [0.1, 0.15) is 11.5 Å². The average Bonchev–Trinajstić information content (AvgIpc) is 3.22. The third-order valence-electron chi connectivity index (χ3n) is 3.31. The van der Waals surface area contributed by atoms with Crippen molar-refractivity contribution in [2.75, 3.05) is 5.32 Å². The number of nitrogens with zero attached hydrogens (tertiary/aromatic N) is 8. The lowest BCUT2D eigenvalue weighted by Crippen LogP contribution is -2.08. The Bertz CT molecular complexity index is 1070. The van der Waals surface area contributed by atoms with Gasteiger partial charge in [-0.05, 0) is 13.0 Å². The van der Waals surface area contributed by atoms with Crippen LogP contribution in [-0.2, 0) is 6.18 Å². The molecule has 0 spiro atoms. The number of rotatable bonds is 3. The molecule has 4 aromatic heterocycles. The van der Waals surface area contributed by atoms with Crippen molar-refractivity contribution in [3.8, 4) is 5.95 Å². The first-order valence-corrected chi connectivity index (χ1v) is 7.31. The fourth-order valence-corrected chi connectivity index (χ4v) is 2.25. The number of fused-ring (bicyclic) bond motifs is 1. The first kappa shape index (κ1) is 15.9. The Balaban J connectivity index is 1.71. The molecule has 0 saturated carbocycles. The number of alkyl halides is 3. The van der Waals surface area contributed by atoms with Crippen molar-refractivity contribution in [3.63, 3.8) is 0 Å². The van der Waals surface area contributed by atoms with Gasteiger partial charge in [-0.2, -0.15) is 27.8 Å². The summed E-state index contributed by atoms with van der Waals surface area (Å²) in [4.78, 5) is 15.5. The van der Waals surface area contributed by atoms with Crippen LogP contribution in [0.4, 0.5) is 24.7 Å². The monoisotopic (exact) mass is 361 g/mol. The van der Waals surface area contributed by atoms with E-state index in [1.807, 2.05) is 0 Å². The van der Waals surface area contributed by atoms with Gasteiger partial charge >= 0.3 is 6.18 Å². The molecule has 0 saturated heterocycles. The van der Waals surface area contributed by atoms with Gasteiger partial charge in [0.2, 0.25) is 5.95 Å². The van der Waals surface area contributed by atoms with E-state index in [-0.39, 0.29) is 11.6 Å². The van der Waals surface area contributed by atoms with E-state index in [4.69, 9.17) is 0 Å². The maximum atomic E-state index is 12.9. The molecule has 12 heteroatoms. The lowest BCUT2D eigenvalue weighted by Gasteiger charge is -2.06. The molecular formula is C14H10F3N9. The second kappa shape index (κ2) is 5.75. The summed E-state index contributed by atoms with van der Waals surface area (Å²) in [6.07, 6.45) is 1.56. The Labute approximate surface area is 143 Å². The molecule has 0 amide bonds. The van der Waals surface area contributed by atoms with Crippen LogP contribution >= 0.6 is 0 Å². The van der Waals surface area contributed by atoms with Crippen molar-refractivity contribution in [2.45, 2.75) is 13.1 Å². The third kappa shape index (κ3) is 2.92. The zero-order valence-corrected chi connectivity index (χ0v) is 13.2. The summed E-state index contributed by atoms with van der Waals surface area (Å²) in [5.74, 6) is -0.786. The van der Waals surface area contributed by atoms with E-state index >= 15 is 0 Å². The van der Waals surface area contributed by atoms with Crippen LogP contribution in [0.2, 0.25) is 0 Å². The molecule has 132 valence electrons. The SMILES string of the molecule is Cc1cc(Nc2cnn(-c3ncccn3)c2)n2nc(C(F)(F)F)nc2n1. The summed E-state index contributed by atoms with van der Waals surface area (Å²) >= 11 is 0. The second-order valence-electron chi connectivity index (χ2n) is 5.28. The number of hydrogen-bond donors (Lipinski definition) is 1. The van der Waals surface area contributed by atoms with Crippen molar-refractivity contribution in [3.05, 3.63) is 48.4 Å². The Morgan fingerprint density at radius 3 is 2.62 bits per heavy atom. The number of halogens is 3. The molecule has 0 atom stereocenters. The van der Waals surface area contributed by atoms with Gasteiger partial charge in [-0.1, -0.05) is 0 Å². The Hall–Kier alpha value is -3.57. The van der Waals surface area contributed by atoms with Gasteiger partial charge in [0.25, 0.3) is 11.6 Å². The van der Waals surface area contributed by atoms with E-state index in [0.29, 0.717) is 17.3 Å². The van der Waals surface area contributed by atoms with Gasteiger partial charge in [0, 0.05) is 24.2 Å². The van der Waals surface area contributed by atoms with E-state index in [0.717, 1.165) is 4.52 Å². The van der Waals surface area contributed by atoms with Crippen LogP contribution in [0.3, 0.4) is 0 Å². The van der Waals surface area contributed by atoms with Crippen LogP contribution in [0.5, 0.6) is 0 Å². The minimum Gasteiger partial charge on any atom is -0.337 e. The third-order valence-corrected chi connectivity index (χ3v) is 3.31. The largest absolute Gasteiger partial charge is 0.453 e. The molecule has 0 unspecified atom stereocenters. The summed E-state index contributed by atoms with van der Waals surface area (Å²) in [5.41, 5.74) is 0.994. The zero-order chi connectivity index (χ0) is 18.3. The van der Waals surface area contributed by atoms with Gasteiger partial charge in [0.15, 0.2) is 0 Å². The molecule has 4 heterocycles. The van der Waals surface area contributed by atoms with Crippen molar-refractivity contribution in [1.82, 2.24) is 39.3 Å². The topological polar surface area (TPSA) is 98.7 Å². The number of aryl methyl sites for hydroxylation is 1. The fraction of sp³-hybridized carbons (Fsp3) is 0.143. The van der Waals surface area contributed by atoms with Gasteiger partial charge < -0.3 is 5.32 Å². The van der Waals surface area contributed by atoms with Gasteiger partial charge in [0.1, 0.15) is 5.82 Å².